The summed E-state index contributed by atoms with van der Waals surface area (Å²) in [6, 6.07) is 7.65. The molecule has 2 aromatic rings. The van der Waals surface area contributed by atoms with E-state index in [1.807, 2.05) is 6.92 Å². The van der Waals surface area contributed by atoms with Crippen molar-refractivity contribution >= 4 is 43.1 Å². The van der Waals surface area contributed by atoms with Gasteiger partial charge in [-0.05, 0) is 49.1 Å². The number of hydrogen-bond acceptors (Lipinski definition) is 3. The smallest absolute Gasteiger partial charge is 0.175 e. The van der Waals surface area contributed by atoms with E-state index in [1.165, 1.54) is 19.0 Å². The highest BCUT2D eigenvalue weighted by Gasteiger charge is 2.45. The van der Waals surface area contributed by atoms with Gasteiger partial charge in [-0.3, -0.25) is 4.79 Å². The van der Waals surface area contributed by atoms with Gasteiger partial charge < -0.3 is 9.53 Å². The summed E-state index contributed by atoms with van der Waals surface area (Å²) < 4.78 is 18.9. The predicted molar refractivity (Wildman–Crippen MR) is 111 cm³/mol. The summed E-state index contributed by atoms with van der Waals surface area (Å²) in [7, 11) is 4.50. The number of benzene rings is 2. The first-order valence-electron chi connectivity index (χ1n) is 8.84. The van der Waals surface area contributed by atoms with Gasteiger partial charge in [0.15, 0.2) is 5.78 Å². The van der Waals surface area contributed by atoms with E-state index in [0.29, 0.717) is 37.2 Å². The predicted octanol–water partition coefficient (Wildman–Crippen LogP) is 5.39. The summed E-state index contributed by atoms with van der Waals surface area (Å²) in [6.45, 7) is 3.65. The number of aldehydes is 1. The van der Waals surface area contributed by atoms with E-state index in [-0.39, 0.29) is 21.6 Å². The highest BCUT2D eigenvalue weighted by Crippen LogP contribution is 2.47. The third-order valence-corrected chi connectivity index (χ3v) is 5.58. The van der Waals surface area contributed by atoms with Crippen molar-refractivity contribution in [3.05, 3.63) is 62.9 Å². The fourth-order valence-electron chi connectivity index (χ4n) is 3.28. The molecule has 0 amide bonds. The first-order chi connectivity index (χ1) is 13.4. The Balaban J connectivity index is 0.00000136. The van der Waals surface area contributed by atoms with Crippen molar-refractivity contribution < 1.29 is 18.7 Å². The zero-order valence-corrected chi connectivity index (χ0v) is 17.2. The Morgan fingerprint density at radius 2 is 1.86 bits per heavy atom. The average Bonchev–Trinajstić information content (AvgIpc) is 2.96. The van der Waals surface area contributed by atoms with Crippen LogP contribution in [-0.4, -0.2) is 26.5 Å². The van der Waals surface area contributed by atoms with Crippen LogP contribution in [0.3, 0.4) is 0 Å². The number of carbonyl (C=O) groups is 2. The van der Waals surface area contributed by atoms with E-state index < -0.39 is 5.41 Å². The number of carbonyl (C=O) groups excluding carboxylic acids is 2. The summed E-state index contributed by atoms with van der Waals surface area (Å²) in [5.74, 6) is -0.0941. The molecular formula is C21H20BCl2FO3. The molecule has 28 heavy (non-hydrogen) atoms. The van der Waals surface area contributed by atoms with Gasteiger partial charge in [0.1, 0.15) is 22.9 Å². The molecule has 0 N–H and O–H groups in total. The second kappa shape index (κ2) is 9.57. The van der Waals surface area contributed by atoms with Crippen LogP contribution in [0.25, 0.3) is 0 Å². The lowest BCUT2D eigenvalue weighted by molar-refractivity contribution is -0.108. The molecule has 0 aromatic heterocycles. The van der Waals surface area contributed by atoms with E-state index in [1.54, 1.807) is 18.2 Å². The van der Waals surface area contributed by atoms with Crippen LogP contribution < -0.4 is 4.74 Å². The van der Waals surface area contributed by atoms with Crippen LogP contribution in [0.5, 0.6) is 5.75 Å². The standard InChI is InChI=1S/C20H17Cl2FO3.CH3B/c1-20(13-4-6-14(23)7-5-13)11-12-10-15(26-9-3-2-8-24)17(21)18(22)16(12)19(20)25;1-2/h4-8,10H,2-3,9,11H2,1H3;1H3. The van der Waals surface area contributed by atoms with Gasteiger partial charge in [-0.25, -0.2) is 4.39 Å². The SMILES string of the molecule is CC1(c2ccc(F)cc2)Cc2cc(OCCCC=O)c(Cl)c(Cl)c2C1=O.[B]C. The molecule has 146 valence electrons. The summed E-state index contributed by atoms with van der Waals surface area (Å²) in [5, 5.41) is 0.360. The van der Waals surface area contributed by atoms with Crippen LogP contribution in [0.1, 0.15) is 41.3 Å². The Labute approximate surface area is 175 Å². The number of fused-ring (bicyclic) bond motifs is 1. The molecule has 2 radical (unpaired) electrons. The van der Waals surface area contributed by atoms with Crippen molar-refractivity contribution in [3.63, 3.8) is 0 Å². The molecule has 0 fully saturated rings. The Kier molecular flexibility index (Phi) is 7.67. The van der Waals surface area contributed by atoms with Gasteiger partial charge in [0, 0.05) is 12.0 Å². The van der Waals surface area contributed by atoms with Crippen LogP contribution in [0.4, 0.5) is 4.39 Å². The fraction of sp³-hybridized carbons (Fsp3) is 0.333. The minimum Gasteiger partial charge on any atom is -0.492 e. The molecule has 1 aliphatic rings. The quantitative estimate of drug-likeness (QED) is 0.357. The number of ketones is 1. The number of unbranched alkanes of at least 4 members (excludes halogenated alkanes) is 1. The average molecular weight is 421 g/mol. The van der Waals surface area contributed by atoms with Gasteiger partial charge in [0.2, 0.25) is 0 Å². The zero-order valence-electron chi connectivity index (χ0n) is 15.7. The lowest BCUT2D eigenvalue weighted by Gasteiger charge is -2.22. The highest BCUT2D eigenvalue weighted by molar-refractivity contribution is 6.45. The summed E-state index contributed by atoms with van der Waals surface area (Å²) in [5.41, 5.74) is 1.03. The van der Waals surface area contributed by atoms with Gasteiger partial charge in [0.05, 0.1) is 24.9 Å². The molecule has 0 saturated carbocycles. The largest absolute Gasteiger partial charge is 0.492 e. The molecule has 1 unspecified atom stereocenters. The normalized spacial score (nSPS) is 17.5. The van der Waals surface area contributed by atoms with Crippen LogP contribution in [0.15, 0.2) is 30.3 Å². The maximum absolute atomic E-state index is 13.2. The molecule has 0 aliphatic heterocycles. The highest BCUT2D eigenvalue weighted by atomic mass is 35.5. The first-order valence-corrected chi connectivity index (χ1v) is 9.60. The van der Waals surface area contributed by atoms with Crippen molar-refractivity contribution in [1.29, 1.82) is 0 Å². The van der Waals surface area contributed by atoms with Crippen molar-refractivity contribution in [1.82, 2.24) is 0 Å². The van der Waals surface area contributed by atoms with E-state index in [0.717, 1.165) is 17.4 Å². The maximum Gasteiger partial charge on any atom is 0.175 e. The van der Waals surface area contributed by atoms with Crippen molar-refractivity contribution in [2.24, 2.45) is 0 Å². The van der Waals surface area contributed by atoms with E-state index >= 15 is 0 Å². The minimum absolute atomic E-state index is 0.140. The zero-order chi connectivity index (χ0) is 20.9. The second-order valence-corrected chi connectivity index (χ2v) is 7.29. The van der Waals surface area contributed by atoms with E-state index in [9.17, 15) is 14.0 Å². The lowest BCUT2D eigenvalue weighted by Crippen LogP contribution is -2.29. The van der Waals surface area contributed by atoms with Crippen molar-refractivity contribution in [2.45, 2.75) is 38.4 Å². The maximum atomic E-state index is 13.2. The Morgan fingerprint density at radius 1 is 1.21 bits per heavy atom. The van der Waals surface area contributed by atoms with Gasteiger partial charge in [-0.15, -0.1) is 0 Å². The van der Waals surface area contributed by atoms with Crippen molar-refractivity contribution in [3.8, 4) is 5.75 Å². The molecule has 2 aromatic carbocycles. The second-order valence-electron chi connectivity index (χ2n) is 6.54. The van der Waals surface area contributed by atoms with Crippen LogP contribution >= 0.6 is 23.2 Å². The summed E-state index contributed by atoms with van der Waals surface area (Å²) in [6.07, 6.45) is 2.22. The fourth-order valence-corrected chi connectivity index (χ4v) is 3.78. The van der Waals surface area contributed by atoms with Crippen LogP contribution in [0, 0.1) is 5.82 Å². The van der Waals surface area contributed by atoms with Gasteiger partial charge in [-0.1, -0.05) is 42.2 Å². The molecule has 0 saturated heterocycles. The Morgan fingerprint density at radius 3 is 2.46 bits per heavy atom. The van der Waals surface area contributed by atoms with Crippen molar-refractivity contribution in [2.75, 3.05) is 6.61 Å². The number of Topliss-reactive ketones (excluding diaryl/α,β-unsaturated/α-hetero) is 1. The molecule has 0 spiro atoms. The number of halogens is 3. The number of hydrogen-bond donors (Lipinski definition) is 0. The van der Waals surface area contributed by atoms with Gasteiger partial charge in [0.25, 0.3) is 0 Å². The molecule has 1 aliphatic carbocycles. The minimum atomic E-state index is -0.834. The topological polar surface area (TPSA) is 43.4 Å². The monoisotopic (exact) mass is 420 g/mol. The summed E-state index contributed by atoms with van der Waals surface area (Å²) in [4.78, 5) is 23.5. The Bertz CT molecular complexity index is 871. The molecule has 3 rings (SSSR count). The van der Waals surface area contributed by atoms with Gasteiger partial charge >= 0.3 is 0 Å². The third-order valence-electron chi connectivity index (χ3n) is 4.73. The Hall–Kier alpha value is -1.85. The molecular weight excluding hydrogens is 401 g/mol. The molecule has 7 heteroatoms. The third kappa shape index (κ3) is 4.26. The first kappa shape index (κ1) is 22.4. The molecule has 3 nitrogen and oxygen atoms in total. The van der Waals surface area contributed by atoms with E-state index in [2.05, 4.69) is 7.85 Å². The lowest BCUT2D eigenvalue weighted by atomic mass is 9.79. The molecule has 1 atom stereocenters. The van der Waals surface area contributed by atoms with E-state index in [4.69, 9.17) is 27.9 Å². The number of rotatable bonds is 6. The van der Waals surface area contributed by atoms with Crippen LogP contribution in [-0.2, 0) is 16.6 Å². The summed E-state index contributed by atoms with van der Waals surface area (Å²) >= 11 is 12.7. The molecule has 0 heterocycles. The number of ether oxygens (including phenoxy) is 1. The van der Waals surface area contributed by atoms with Gasteiger partial charge in [-0.2, -0.15) is 0 Å². The van der Waals surface area contributed by atoms with Crippen LogP contribution in [0.2, 0.25) is 16.9 Å². The molecule has 0 bridgehead atoms.